The van der Waals surface area contributed by atoms with Crippen LogP contribution in [0.25, 0.3) is 11.2 Å². The highest BCUT2D eigenvalue weighted by atomic mass is 16.2. The Morgan fingerprint density at radius 2 is 2.10 bits per heavy atom. The summed E-state index contributed by atoms with van der Waals surface area (Å²) in [5.74, 6) is 0.580. The third kappa shape index (κ3) is 1.35. The van der Waals surface area contributed by atoms with Crippen molar-refractivity contribution in [2.24, 2.45) is 16.7 Å². The van der Waals surface area contributed by atoms with Gasteiger partial charge in [0.1, 0.15) is 5.52 Å². The van der Waals surface area contributed by atoms with E-state index in [0.29, 0.717) is 17.1 Å². The van der Waals surface area contributed by atoms with Crippen molar-refractivity contribution in [1.82, 2.24) is 19.5 Å². The lowest BCUT2D eigenvalue weighted by Gasteiger charge is -2.39. The summed E-state index contributed by atoms with van der Waals surface area (Å²) in [7, 11) is 0. The Morgan fingerprint density at radius 1 is 1.33 bits per heavy atom. The number of aromatic nitrogens is 4. The molecule has 0 aliphatic heterocycles. The van der Waals surface area contributed by atoms with E-state index in [0.717, 1.165) is 12.8 Å². The van der Waals surface area contributed by atoms with Gasteiger partial charge in [0.25, 0.3) is 5.56 Å². The zero-order valence-electron chi connectivity index (χ0n) is 12.6. The minimum atomic E-state index is -0.339. The Morgan fingerprint density at radius 3 is 2.71 bits per heavy atom. The Labute approximate surface area is 121 Å². The second-order valence-corrected chi connectivity index (χ2v) is 7.36. The average Bonchev–Trinajstić information content (AvgIpc) is 3.01. The Bertz CT molecular complexity index is 843. The van der Waals surface area contributed by atoms with Gasteiger partial charge in [-0.15, -0.1) is 0 Å². The minimum absolute atomic E-state index is 0.0117. The van der Waals surface area contributed by atoms with Crippen molar-refractivity contribution < 1.29 is 0 Å². The number of imidazole rings is 1. The van der Waals surface area contributed by atoms with Crippen molar-refractivity contribution in [2.45, 2.75) is 46.1 Å². The Hall–Kier alpha value is -1.85. The van der Waals surface area contributed by atoms with E-state index in [2.05, 4.69) is 35.7 Å². The molecule has 2 aliphatic carbocycles. The zero-order valence-corrected chi connectivity index (χ0v) is 12.6. The van der Waals surface area contributed by atoms with Crippen molar-refractivity contribution in [1.29, 1.82) is 0 Å². The molecule has 2 aromatic rings. The first-order valence-corrected chi connectivity index (χ1v) is 7.54. The van der Waals surface area contributed by atoms with Gasteiger partial charge in [-0.25, -0.2) is 9.78 Å². The summed E-state index contributed by atoms with van der Waals surface area (Å²) >= 11 is 0. The van der Waals surface area contributed by atoms with Gasteiger partial charge in [0, 0.05) is 6.04 Å². The molecule has 0 saturated heterocycles. The summed E-state index contributed by atoms with van der Waals surface area (Å²) in [6.07, 6.45) is 4.62. The van der Waals surface area contributed by atoms with Crippen molar-refractivity contribution in [3.8, 4) is 0 Å². The fraction of sp³-hybridized carbons (Fsp3) is 0.667. The van der Waals surface area contributed by atoms with Crippen LogP contribution >= 0.6 is 0 Å². The first-order valence-electron chi connectivity index (χ1n) is 7.54. The summed E-state index contributed by atoms with van der Waals surface area (Å²) in [6.45, 7) is 6.78. The summed E-state index contributed by atoms with van der Waals surface area (Å²) in [6, 6.07) is -0.0322. The number of hydrogen-bond acceptors (Lipinski definition) is 3. The maximum Gasteiger partial charge on any atom is 0.330 e. The van der Waals surface area contributed by atoms with Gasteiger partial charge in [-0.3, -0.25) is 14.3 Å². The van der Waals surface area contributed by atoms with E-state index >= 15 is 0 Å². The van der Waals surface area contributed by atoms with E-state index in [1.165, 1.54) is 17.3 Å². The van der Waals surface area contributed by atoms with Crippen molar-refractivity contribution in [2.75, 3.05) is 0 Å². The highest BCUT2D eigenvalue weighted by Crippen LogP contribution is 2.69. The minimum Gasteiger partial charge on any atom is -0.339 e. The molecule has 3 unspecified atom stereocenters. The van der Waals surface area contributed by atoms with Gasteiger partial charge in [-0.05, 0) is 36.0 Å². The molecule has 3 atom stereocenters. The lowest BCUT2D eigenvalue weighted by molar-refractivity contribution is 0.103. The second-order valence-electron chi connectivity index (χ2n) is 7.36. The summed E-state index contributed by atoms with van der Waals surface area (Å²) < 4.78 is 1.43. The van der Waals surface area contributed by atoms with Crippen LogP contribution in [0.4, 0.5) is 0 Å². The molecule has 2 aliphatic rings. The number of nitrogens with zero attached hydrogens (tertiary/aromatic N) is 2. The SMILES string of the molecule is CC1(C)C2CCC1(C)C(n1c(=O)[nH]c3nc[nH]c3c1=O)C2. The molecule has 4 rings (SSSR count). The van der Waals surface area contributed by atoms with Crippen molar-refractivity contribution in [3.63, 3.8) is 0 Å². The van der Waals surface area contributed by atoms with E-state index in [1.54, 1.807) is 0 Å². The molecule has 0 aromatic carbocycles. The van der Waals surface area contributed by atoms with Crippen LogP contribution in [0.2, 0.25) is 0 Å². The molecule has 0 amide bonds. The molecule has 0 spiro atoms. The smallest absolute Gasteiger partial charge is 0.330 e. The van der Waals surface area contributed by atoms with Crippen LogP contribution in [0.5, 0.6) is 0 Å². The van der Waals surface area contributed by atoms with Gasteiger partial charge in [0.2, 0.25) is 0 Å². The van der Waals surface area contributed by atoms with Gasteiger partial charge >= 0.3 is 5.69 Å². The molecule has 21 heavy (non-hydrogen) atoms. The van der Waals surface area contributed by atoms with Crippen LogP contribution in [-0.4, -0.2) is 19.5 Å². The first kappa shape index (κ1) is 12.9. The topological polar surface area (TPSA) is 83.5 Å². The molecule has 6 nitrogen and oxygen atoms in total. The standard InChI is InChI=1S/C15H20N4O2/c1-14(2)8-4-5-15(14,3)9(6-8)19-12(20)10-11(17-7-16-10)18-13(19)21/h7-9H,4-6H2,1-3H3,(H,16,17)(H,18,21). The molecule has 2 aromatic heterocycles. The van der Waals surface area contributed by atoms with E-state index in [-0.39, 0.29) is 28.1 Å². The maximum absolute atomic E-state index is 12.7. The molecular weight excluding hydrogens is 268 g/mol. The van der Waals surface area contributed by atoms with Gasteiger partial charge in [0.15, 0.2) is 5.65 Å². The van der Waals surface area contributed by atoms with E-state index in [9.17, 15) is 9.59 Å². The molecular formula is C15H20N4O2. The van der Waals surface area contributed by atoms with Gasteiger partial charge in [-0.2, -0.15) is 0 Å². The van der Waals surface area contributed by atoms with Gasteiger partial charge in [0.05, 0.1) is 6.33 Å². The Balaban J connectivity index is 1.97. The summed E-state index contributed by atoms with van der Waals surface area (Å²) in [5.41, 5.74) is 0.289. The Kier molecular flexibility index (Phi) is 2.25. The van der Waals surface area contributed by atoms with E-state index in [1.807, 2.05) is 0 Å². The zero-order chi connectivity index (χ0) is 15.0. The van der Waals surface area contributed by atoms with Crippen LogP contribution in [0.1, 0.15) is 46.1 Å². The van der Waals surface area contributed by atoms with Crippen LogP contribution in [0.15, 0.2) is 15.9 Å². The molecule has 112 valence electrons. The average molecular weight is 288 g/mol. The molecule has 2 bridgehead atoms. The lowest BCUT2D eigenvalue weighted by atomic mass is 9.69. The fourth-order valence-corrected chi connectivity index (χ4v) is 4.76. The monoisotopic (exact) mass is 288 g/mol. The van der Waals surface area contributed by atoms with E-state index < -0.39 is 0 Å². The first-order chi connectivity index (χ1) is 9.86. The lowest BCUT2D eigenvalue weighted by Crippen LogP contribution is -2.44. The maximum atomic E-state index is 12.7. The van der Waals surface area contributed by atoms with Crippen molar-refractivity contribution >= 4 is 11.2 Å². The normalized spacial score (nSPS) is 33.9. The molecule has 6 heteroatoms. The number of H-pyrrole nitrogens is 2. The highest BCUT2D eigenvalue weighted by molar-refractivity contribution is 5.67. The number of rotatable bonds is 1. The molecule has 0 radical (unpaired) electrons. The molecule has 2 N–H and O–H groups in total. The molecule has 2 fully saturated rings. The fourth-order valence-electron chi connectivity index (χ4n) is 4.76. The van der Waals surface area contributed by atoms with Crippen molar-refractivity contribution in [3.05, 3.63) is 27.2 Å². The van der Waals surface area contributed by atoms with Crippen LogP contribution in [0, 0.1) is 16.7 Å². The molecule has 2 saturated carbocycles. The molecule has 2 heterocycles. The van der Waals surface area contributed by atoms with Crippen LogP contribution < -0.4 is 11.2 Å². The third-order valence-corrected chi connectivity index (χ3v) is 6.58. The van der Waals surface area contributed by atoms with Gasteiger partial charge < -0.3 is 4.98 Å². The highest BCUT2D eigenvalue weighted by Gasteiger charge is 2.62. The third-order valence-electron chi connectivity index (χ3n) is 6.58. The number of aromatic amines is 2. The number of hydrogen-bond donors (Lipinski definition) is 2. The summed E-state index contributed by atoms with van der Waals surface area (Å²) in [5, 5.41) is 0. The van der Waals surface area contributed by atoms with E-state index in [4.69, 9.17) is 0 Å². The van der Waals surface area contributed by atoms with Crippen LogP contribution in [0.3, 0.4) is 0 Å². The summed E-state index contributed by atoms with van der Waals surface area (Å²) in [4.78, 5) is 34.7. The van der Waals surface area contributed by atoms with Gasteiger partial charge in [-0.1, -0.05) is 20.8 Å². The quantitative estimate of drug-likeness (QED) is 0.839. The second kappa shape index (κ2) is 3.67. The largest absolute Gasteiger partial charge is 0.339 e. The number of fused-ring (bicyclic) bond motifs is 3. The predicted molar refractivity (Wildman–Crippen MR) is 79.2 cm³/mol. The van der Waals surface area contributed by atoms with Crippen LogP contribution in [-0.2, 0) is 0 Å². The predicted octanol–water partition coefficient (Wildman–Crippen LogP) is 1.80. The number of nitrogens with one attached hydrogen (secondary N) is 2.